The zero-order valence-electron chi connectivity index (χ0n) is 19.8. The summed E-state index contributed by atoms with van der Waals surface area (Å²) in [5, 5.41) is 10.7. The second-order valence-electron chi connectivity index (χ2n) is 7.88. The van der Waals surface area contributed by atoms with Crippen LogP contribution in [0.3, 0.4) is 0 Å². The number of rotatable bonds is 9. The Morgan fingerprint density at radius 2 is 1.05 bits per heavy atom. The molecule has 0 aromatic heterocycles. The maximum absolute atomic E-state index is 13.3. The SMILES string of the molecule is COc1ccc(S(=O)(=O)c2cc(NS(=O)(=O)c3ccccc3)c(NS(=O)(=O)c3ccccc3)cc2O)cc1. The van der Waals surface area contributed by atoms with Gasteiger partial charge in [0.1, 0.15) is 16.4 Å². The Kier molecular flexibility index (Phi) is 7.35. The Morgan fingerprint density at radius 3 is 1.50 bits per heavy atom. The minimum Gasteiger partial charge on any atom is -0.506 e. The number of hydrogen-bond acceptors (Lipinski definition) is 8. The number of phenols is 1. The van der Waals surface area contributed by atoms with E-state index in [1.807, 2.05) is 0 Å². The van der Waals surface area contributed by atoms with E-state index in [4.69, 9.17) is 4.74 Å². The van der Waals surface area contributed by atoms with Gasteiger partial charge in [-0.05, 0) is 54.6 Å². The molecule has 0 heterocycles. The number of anilines is 2. The highest BCUT2D eigenvalue weighted by molar-refractivity contribution is 7.93. The number of ether oxygens (including phenoxy) is 1. The molecule has 0 unspecified atom stereocenters. The average Bonchev–Trinajstić information content (AvgIpc) is 2.91. The summed E-state index contributed by atoms with van der Waals surface area (Å²) in [4.78, 5) is -1.13. The van der Waals surface area contributed by atoms with Gasteiger partial charge in [0.05, 0.1) is 33.2 Å². The van der Waals surface area contributed by atoms with Crippen molar-refractivity contribution in [2.24, 2.45) is 0 Å². The van der Waals surface area contributed by atoms with Crippen LogP contribution in [-0.2, 0) is 29.9 Å². The van der Waals surface area contributed by atoms with Crippen molar-refractivity contribution in [2.75, 3.05) is 16.6 Å². The lowest BCUT2D eigenvalue weighted by molar-refractivity contribution is 0.414. The number of hydrogen-bond donors (Lipinski definition) is 3. The quantitative estimate of drug-likeness (QED) is 0.255. The van der Waals surface area contributed by atoms with E-state index >= 15 is 0 Å². The van der Waals surface area contributed by atoms with E-state index in [0.29, 0.717) is 5.75 Å². The summed E-state index contributed by atoms with van der Waals surface area (Å²) >= 11 is 0. The van der Waals surface area contributed by atoms with Gasteiger partial charge in [0.15, 0.2) is 0 Å². The fourth-order valence-corrected chi connectivity index (χ4v) is 6.98. The molecule has 0 radical (unpaired) electrons. The molecule has 3 N–H and O–H groups in total. The molecule has 38 heavy (non-hydrogen) atoms. The first-order valence-electron chi connectivity index (χ1n) is 10.9. The van der Waals surface area contributed by atoms with Gasteiger partial charge in [-0.25, -0.2) is 25.3 Å². The van der Waals surface area contributed by atoms with E-state index in [2.05, 4.69) is 9.44 Å². The topological polar surface area (TPSA) is 156 Å². The number of aromatic hydroxyl groups is 1. The Labute approximate surface area is 220 Å². The van der Waals surface area contributed by atoms with Crippen molar-refractivity contribution in [3.63, 3.8) is 0 Å². The first-order chi connectivity index (χ1) is 17.9. The maximum atomic E-state index is 13.3. The number of benzene rings is 4. The zero-order chi connectivity index (χ0) is 27.6. The van der Waals surface area contributed by atoms with Gasteiger partial charge < -0.3 is 9.84 Å². The van der Waals surface area contributed by atoms with Gasteiger partial charge in [-0.1, -0.05) is 36.4 Å². The molecular weight excluding hydrogens is 552 g/mol. The number of methoxy groups -OCH3 is 1. The number of phenolic OH excluding ortho intramolecular Hbond substituents is 1. The van der Waals surface area contributed by atoms with Crippen molar-refractivity contribution in [1.82, 2.24) is 0 Å². The normalized spacial score (nSPS) is 12.0. The molecule has 4 rings (SSSR count). The third-order valence-corrected chi connectivity index (χ3v) is 9.92. The van der Waals surface area contributed by atoms with Gasteiger partial charge in [-0.15, -0.1) is 0 Å². The van der Waals surface area contributed by atoms with Gasteiger partial charge >= 0.3 is 0 Å². The van der Waals surface area contributed by atoms with Gasteiger partial charge in [0, 0.05) is 6.07 Å². The Balaban J connectivity index is 1.86. The Hall–Kier alpha value is -4.07. The van der Waals surface area contributed by atoms with E-state index in [1.165, 1.54) is 79.9 Å². The van der Waals surface area contributed by atoms with Crippen LogP contribution in [0.2, 0.25) is 0 Å². The van der Waals surface area contributed by atoms with Crippen LogP contribution in [-0.4, -0.2) is 37.5 Å². The molecule has 10 nitrogen and oxygen atoms in total. The van der Waals surface area contributed by atoms with Crippen LogP contribution in [0.15, 0.2) is 117 Å². The van der Waals surface area contributed by atoms with Crippen molar-refractivity contribution in [3.05, 3.63) is 97.1 Å². The number of sulfonamides is 2. The molecule has 0 aliphatic heterocycles. The predicted molar refractivity (Wildman–Crippen MR) is 141 cm³/mol. The molecule has 0 bridgehead atoms. The summed E-state index contributed by atoms with van der Waals surface area (Å²) in [5.74, 6) is -0.399. The van der Waals surface area contributed by atoms with Gasteiger partial charge in [-0.2, -0.15) is 0 Å². The lowest BCUT2D eigenvalue weighted by atomic mass is 10.2. The molecule has 0 aliphatic rings. The van der Waals surface area contributed by atoms with E-state index in [0.717, 1.165) is 12.1 Å². The van der Waals surface area contributed by atoms with Gasteiger partial charge in [0.2, 0.25) is 9.84 Å². The molecular formula is C25H22N2O8S3. The minimum absolute atomic E-state index is 0.133. The third-order valence-electron chi connectivity index (χ3n) is 5.35. The second kappa shape index (κ2) is 10.4. The fourth-order valence-electron chi connectivity index (χ4n) is 3.44. The molecule has 0 atom stereocenters. The maximum Gasteiger partial charge on any atom is 0.261 e. The lowest BCUT2D eigenvalue weighted by Gasteiger charge is -2.17. The lowest BCUT2D eigenvalue weighted by Crippen LogP contribution is -2.18. The molecule has 4 aromatic rings. The number of nitrogens with one attached hydrogen (secondary N) is 2. The smallest absolute Gasteiger partial charge is 0.261 e. The molecule has 198 valence electrons. The largest absolute Gasteiger partial charge is 0.506 e. The second-order valence-corrected chi connectivity index (χ2v) is 13.2. The average molecular weight is 575 g/mol. The van der Waals surface area contributed by atoms with E-state index in [1.54, 1.807) is 12.1 Å². The summed E-state index contributed by atoms with van der Waals surface area (Å²) in [6.07, 6.45) is 0. The van der Waals surface area contributed by atoms with E-state index in [-0.39, 0.29) is 20.4 Å². The van der Waals surface area contributed by atoms with Gasteiger partial charge in [-0.3, -0.25) is 9.44 Å². The zero-order valence-corrected chi connectivity index (χ0v) is 22.2. The molecule has 0 amide bonds. The van der Waals surface area contributed by atoms with Crippen molar-refractivity contribution >= 4 is 41.3 Å². The fraction of sp³-hybridized carbons (Fsp3) is 0.0400. The van der Waals surface area contributed by atoms with Crippen LogP contribution in [0.5, 0.6) is 11.5 Å². The molecule has 0 spiro atoms. The molecule has 4 aromatic carbocycles. The van der Waals surface area contributed by atoms with Crippen LogP contribution in [0.1, 0.15) is 0 Å². The molecule has 0 saturated heterocycles. The monoisotopic (exact) mass is 574 g/mol. The van der Waals surface area contributed by atoms with Crippen LogP contribution in [0, 0.1) is 0 Å². The molecule has 13 heteroatoms. The summed E-state index contributed by atoms with van der Waals surface area (Å²) in [6.45, 7) is 0. The van der Waals surface area contributed by atoms with Crippen molar-refractivity contribution in [3.8, 4) is 11.5 Å². The van der Waals surface area contributed by atoms with Crippen molar-refractivity contribution in [1.29, 1.82) is 0 Å². The van der Waals surface area contributed by atoms with E-state index in [9.17, 15) is 30.4 Å². The van der Waals surface area contributed by atoms with Crippen molar-refractivity contribution < 1.29 is 35.1 Å². The van der Waals surface area contributed by atoms with Gasteiger partial charge in [0.25, 0.3) is 20.0 Å². The highest BCUT2D eigenvalue weighted by Crippen LogP contribution is 2.38. The molecule has 0 fully saturated rings. The first-order valence-corrected chi connectivity index (χ1v) is 15.3. The Bertz CT molecular complexity index is 1780. The molecule has 0 aliphatic carbocycles. The summed E-state index contributed by atoms with van der Waals surface area (Å²) in [5.41, 5.74) is -0.808. The highest BCUT2D eigenvalue weighted by atomic mass is 32.2. The standard InChI is InChI=1S/C25H22N2O8S3/c1-35-18-12-14-19(15-13-18)36(29,30)25-17-23(27-38(33,34)21-10-6-3-7-11-21)22(16-24(25)28)26-37(31,32)20-8-4-2-5-9-20/h2-17,26-28H,1H3. The minimum atomic E-state index is -4.37. The van der Waals surface area contributed by atoms with Crippen molar-refractivity contribution in [2.45, 2.75) is 19.6 Å². The first kappa shape index (κ1) is 27.0. The predicted octanol–water partition coefficient (Wildman–Crippen LogP) is 3.84. The van der Waals surface area contributed by atoms with Crippen LogP contribution in [0.25, 0.3) is 0 Å². The summed E-state index contributed by atoms with van der Waals surface area (Å²) in [6, 6.07) is 21.5. The Morgan fingerprint density at radius 1 is 0.605 bits per heavy atom. The third kappa shape index (κ3) is 5.59. The van der Waals surface area contributed by atoms with Crippen LogP contribution in [0.4, 0.5) is 11.4 Å². The highest BCUT2D eigenvalue weighted by Gasteiger charge is 2.27. The summed E-state index contributed by atoms with van der Waals surface area (Å²) in [7, 11) is -11.5. The number of sulfone groups is 1. The molecule has 0 saturated carbocycles. The van der Waals surface area contributed by atoms with Crippen LogP contribution >= 0.6 is 0 Å². The summed E-state index contributed by atoms with van der Waals surface area (Å²) < 4.78 is 88.2. The van der Waals surface area contributed by atoms with E-state index < -0.39 is 46.2 Å². The van der Waals surface area contributed by atoms with Crippen LogP contribution < -0.4 is 14.2 Å².